The highest BCUT2D eigenvalue weighted by Gasteiger charge is 2.20. The van der Waals surface area contributed by atoms with Crippen molar-refractivity contribution in [2.75, 3.05) is 12.3 Å². The molecular formula is C15H16F3N3. The number of anilines is 1. The van der Waals surface area contributed by atoms with Gasteiger partial charge in [-0.25, -0.2) is 18.2 Å². The van der Waals surface area contributed by atoms with Gasteiger partial charge in [-0.15, -0.1) is 0 Å². The van der Waals surface area contributed by atoms with E-state index in [0.717, 1.165) is 11.6 Å². The van der Waals surface area contributed by atoms with Crippen LogP contribution in [-0.4, -0.2) is 11.5 Å². The van der Waals surface area contributed by atoms with E-state index in [9.17, 15) is 13.2 Å². The van der Waals surface area contributed by atoms with Crippen LogP contribution in [0.25, 0.3) is 0 Å². The number of pyridine rings is 1. The Bertz CT molecular complexity index is 632. The van der Waals surface area contributed by atoms with Crippen molar-refractivity contribution in [3.8, 4) is 0 Å². The van der Waals surface area contributed by atoms with Crippen LogP contribution in [0.5, 0.6) is 0 Å². The molecule has 0 fully saturated rings. The SMILES string of the molecule is CCNC(Cc1ccnc(N)c1)c1ccc(F)c(F)c1F. The molecule has 0 saturated carbocycles. The van der Waals surface area contributed by atoms with Crippen molar-refractivity contribution in [1.29, 1.82) is 0 Å². The molecule has 0 aliphatic carbocycles. The van der Waals surface area contributed by atoms with Gasteiger partial charge in [0.05, 0.1) is 0 Å². The minimum absolute atomic E-state index is 0.0890. The zero-order chi connectivity index (χ0) is 15.4. The Morgan fingerprint density at radius 3 is 2.62 bits per heavy atom. The number of aromatic nitrogens is 1. The number of rotatable bonds is 5. The van der Waals surface area contributed by atoms with E-state index in [1.54, 1.807) is 18.3 Å². The zero-order valence-corrected chi connectivity index (χ0v) is 11.5. The Balaban J connectivity index is 2.33. The Labute approximate surface area is 121 Å². The van der Waals surface area contributed by atoms with Crippen LogP contribution in [0.15, 0.2) is 30.5 Å². The van der Waals surface area contributed by atoms with Gasteiger partial charge in [-0.05, 0) is 36.7 Å². The largest absolute Gasteiger partial charge is 0.384 e. The van der Waals surface area contributed by atoms with Crippen LogP contribution in [0.1, 0.15) is 24.1 Å². The normalized spacial score (nSPS) is 12.4. The fourth-order valence-electron chi connectivity index (χ4n) is 2.21. The smallest absolute Gasteiger partial charge is 0.194 e. The lowest BCUT2D eigenvalue weighted by Crippen LogP contribution is -2.24. The average Bonchev–Trinajstić information content (AvgIpc) is 2.45. The van der Waals surface area contributed by atoms with Crippen LogP contribution in [0.2, 0.25) is 0 Å². The van der Waals surface area contributed by atoms with Gasteiger partial charge in [0.1, 0.15) is 5.82 Å². The van der Waals surface area contributed by atoms with Gasteiger partial charge in [0.25, 0.3) is 0 Å². The lowest BCUT2D eigenvalue weighted by Gasteiger charge is -2.19. The summed E-state index contributed by atoms with van der Waals surface area (Å²) in [6.07, 6.45) is 1.94. The maximum atomic E-state index is 13.9. The van der Waals surface area contributed by atoms with E-state index in [0.29, 0.717) is 18.8 Å². The lowest BCUT2D eigenvalue weighted by molar-refractivity contribution is 0.425. The highest BCUT2D eigenvalue weighted by Crippen LogP contribution is 2.24. The summed E-state index contributed by atoms with van der Waals surface area (Å²) in [5.41, 5.74) is 6.53. The maximum Gasteiger partial charge on any atom is 0.194 e. The summed E-state index contributed by atoms with van der Waals surface area (Å²) in [6, 6.07) is 5.12. The van der Waals surface area contributed by atoms with E-state index < -0.39 is 23.5 Å². The van der Waals surface area contributed by atoms with E-state index in [1.807, 2.05) is 6.92 Å². The molecule has 3 N–H and O–H groups in total. The van der Waals surface area contributed by atoms with Crippen LogP contribution >= 0.6 is 0 Å². The Kier molecular flexibility index (Phi) is 4.80. The van der Waals surface area contributed by atoms with Gasteiger partial charge < -0.3 is 11.1 Å². The van der Waals surface area contributed by atoms with Crippen molar-refractivity contribution in [2.24, 2.45) is 0 Å². The molecule has 3 nitrogen and oxygen atoms in total. The van der Waals surface area contributed by atoms with Crippen molar-refractivity contribution in [3.63, 3.8) is 0 Å². The molecule has 2 rings (SSSR count). The van der Waals surface area contributed by atoms with E-state index in [1.165, 1.54) is 6.07 Å². The highest BCUT2D eigenvalue weighted by atomic mass is 19.2. The van der Waals surface area contributed by atoms with Gasteiger partial charge in [-0.1, -0.05) is 13.0 Å². The zero-order valence-electron chi connectivity index (χ0n) is 11.5. The summed E-state index contributed by atoms with van der Waals surface area (Å²) in [7, 11) is 0. The molecular weight excluding hydrogens is 279 g/mol. The molecule has 2 aromatic rings. The summed E-state index contributed by atoms with van der Waals surface area (Å²) in [5.74, 6) is -3.46. The van der Waals surface area contributed by atoms with Gasteiger partial charge in [0.15, 0.2) is 17.5 Å². The summed E-state index contributed by atoms with van der Waals surface area (Å²) in [4.78, 5) is 3.88. The highest BCUT2D eigenvalue weighted by molar-refractivity contribution is 5.33. The predicted octanol–water partition coefficient (Wildman–Crippen LogP) is 2.97. The van der Waals surface area contributed by atoms with Crippen LogP contribution in [0.3, 0.4) is 0 Å². The van der Waals surface area contributed by atoms with Crippen molar-refractivity contribution in [1.82, 2.24) is 10.3 Å². The molecule has 0 aliphatic rings. The second-order valence-corrected chi connectivity index (χ2v) is 4.67. The third-order valence-corrected chi connectivity index (χ3v) is 3.18. The average molecular weight is 295 g/mol. The van der Waals surface area contributed by atoms with E-state index in [2.05, 4.69) is 10.3 Å². The Hall–Kier alpha value is -2.08. The van der Waals surface area contributed by atoms with Crippen molar-refractivity contribution >= 4 is 5.82 Å². The molecule has 1 unspecified atom stereocenters. The molecule has 0 saturated heterocycles. The topological polar surface area (TPSA) is 50.9 Å². The van der Waals surface area contributed by atoms with Gasteiger partial charge in [0, 0.05) is 17.8 Å². The van der Waals surface area contributed by atoms with E-state index in [4.69, 9.17) is 5.73 Å². The van der Waals surface area contributed by atoms with Crippen LogP contribution in [0.4, 0.5) is 19.0 Å². The molecule has 1 aromatic heterocycles. The number of nitrogen functional groups attached to an aromatic ring is 1. The number of nitrogens with one attached hydrogen (secondary N) is 1. The first kappa shape index (κ1) is 15.3. The molecule has 0 aliphatic heterocycles. The summed E-state index contributed by atoms with van der Waals surface area (Å²) < 4.78 is 40.3. The number of likely N-dealkylation sites (N-methyl/N-ethyl adjacent to an activating group) is 1. The van der Waals surface area contributed by atoms with Gasteiger partial charge in [0.2, 0.25) is 0 Å². The summed E-state index contributed by atoms with van der Waals surface area (Å²) in [6.45, 7) is 2.41. The van der Waals surface area contributed by atoms with Gasteiger partial charge in [-0.2, -0.15) is 0 Å². The van der Waals surface area contributed by atoms with Crippen molar-refractivity contribution in [3.05, 3.63) is 59.0 Å². The Morgan fingerprint density at radius 1 is 1.19 bits per heavy atom. The molecule has 21 heavy (non-hydrogen) atoms. The first-order chi connectivity index (χ1) is 10.0. The fraction of sp³-hybridized carbons (Fsp3) is 0.267. The number of halogens is 3. The second-order valence-electron chi connectivity index (χ2n) is 4.67. The minimum atomic E-state index is -1.45. The number of nitrogens with two attached hydrogens (primary N) is 1. The van der Waals surface area contributed by atoms with Gasteiger partial charge >= 0.3 is 0 Å². The van der Waals surface area contributed by atoms with Gasteiger partial charge in [-0.3, -0.25) is 0 Å². The van der Waals surface area contributed by atoms with Crippen LogP contribution in [0, 0.1) is 17.5 Å². The first-order valence-corrected chi connectivity index (χ1v) is 6.60. The number of hydrogen-bond donors (Lipinski definition) is 2. The molecule has 1 heterocycles. The van der Waals surface area contributed by atoms with Crippen molar-refractivity contribution < 1.29 is 13.2 Å². The van der Waals surface area contributed by atoms with Crippen molar-refractivity contribution in [2.45, 2.75) is 19.4 Å². The van der Waals surface area contributed by atoms with Crippen LogP contribution in [-0.2, 0) is 6.42 Å². The molecule has 0 bridgehead atoms. The molecule has 0 radical (unpaired) electrons. The quantitative estimate of drug-likeness (QED) is 0.834. The Morgan fingerprint density at radius 2 is 1.95 bits per heavy atom. The molecule has 1 aromatic carbocycles. The maximum absolute atomic E-state index is 13.9. The third-order valence-electron chi connectivity index (χ3n) is 3.18. The standard InChI is InChI=1S/C15H16F3N3/c1-2-20-12(7-9-5-6-21-13(19)8-9)10-3-4-11(16)15(18)14(10)17/h3-6,8,12,20H,2,7H2,1H3,(H2,19,21). The number of nitrogens with zero attached hydrogens (tertiary/aromatic N) is 1. The molecule has 0 amide bonds. The molecule has 112 valence electrons. The monoisotopic (exact) mass is 295 g/mol. The van der Waals surface area contributed by atoms with Crippen LogP contribution < -0.4 is 11.1 Å². The summed E-state index contributed by atoms with van der Waals surface area (Å²) >= 11 is 0. The number of hydrogen-bond acceptors (Lipinski definition) is 3. The number of benzene rings is 1. The van der Waals surface area contributed by atoms with E-state index in [-0.39, 0.29) is 5.56 Å². The predicted molar refractivity (Wildman–Crippen MR) is 75.1 cm³/mol. The second kappa shape index (κ2) is 6.58. The minimum Gasteiger partial charge on any atom is -0.384 e. The fourth-order valence-corrected chi connectivity index (χ4v) is 2.21. The first-order valence-electron chi connectivity index (χ1n) is 6.60. The van der Waals surface area contributed by atoms with E-state index >= 15 is 0 Å². The molecule has 1 atom stereocenters. The molecule has 6 heteroatoms. The third kappa shape index (κ3) is 3.52. The summed E-state index contributed by atoms with van der Waals surface area (Å²) in [5, 5.41) is 3.06. The molecule has 0 spiro atoms. The lowest BCUT2D eigenvalue weighted by atomic mass is 9.98.